The third-order valence-corrected chi connectivity index (χ3v) is 8.21. The van der Waals surface area contributed by atoms with Crippen molar-refractivity contribution in [3.8, 4) is 22.9 Å². The van der Waals surface area contributed by atoms with Crippen molar-refractivity contribution in [3.63, 3.8) is 0 Å². The molecule has 2 aromatic heterocycles. The summed E-state index contributed by atoms with van der Waals surface area (Å²) in [5.41, 5.74) is 1.44. The summed E-state index contributed by atoms with van der Waals surface area (Å²) in [6.07, 6.45) is 5.17. The largest absolute Gasteiger partial charge is 0.435 e. The minimum absolute atomic E-state index is 0.0218. The number of aromatic nitrogens is 3. The van der Waals surface area contributed by atoms with E-state index in [2.05, 4.69) is 34.7 Å². The van der Waals surface area contributed by atoms with Crippen molar-refractivity contribution in [3.05, 3.63) is 90.3 Å². The number of hydrogen-bond acceptors (Lipinski definition) is 8. The maximum Gasteiger partial charge on any atom is 0.228 e. The van der Waals surface area contributed by atoms with Crippen molar-refractivity contribution < 1.29 is 17.7 Å². The number of pyridine rings is 1. The van der Waals surface area contributed by atoms with E-state index in [-0.39, 0.29) is 29.1 Å². The fraction of sp³-hybridized carbons (Fsp3) is 0.250. The Hall–Kier alpha value is -4.16. The summed E-state index contributed by atoms with van der Waals surface area (Å²) in [4.78, 5) is 13.1. The van der Waals surface area contributed by atoms with Crippen LogP contribution in [-0.2, 0) is 15.7 Å². The molecule has 1 fully saturated rings. The van der Waals surface area contributed by atoms with Gasteiger partial charge in [-0.2, -0.15) is 4.39 Å². The van der Waals surface area contributed by atoms with Crippen LogP contribution in [0, 0.1) is 11.6 Å². The lowest BCUT2D eigenvalue weighted by Gasteiger charge is -2.23. The molecule has 0 saturated carbocycles. The van der Waals surface area contributed by atoms with Crippen LogP contribution in [0.5, 0.6) is 11.6 Å². The third-order valence-electron chi connectivity index (χ3n) is 6.36. The van der Waals surface area contributed by atoms with Gasteiger partial charge in [0, 0.05) is 32.0 Å². The Balaban J connectivity index is 1.36. The molecule has 1 aliphatic rings. The van der Waals surface area contributed by atoms with Crippen molar-refractivity contribution in [1.29, 1.82) is 0 Å². The average molecular weight is 566 g/mol. The number of nitrogens with one attached hydrogen (secondary N) is 3. The molecule has 0 amide bonds. The maximum absolute atomic E-state index is 15.2. The first kappa shape index (κ1) is 27.4. The second kappa shape index (κ2) is 12.3. The fourth-order valence-electron chi connectivity index (χ4n) is 4.31. The highest BCUT2D eigenvalue weighted by atomic mass is 32.2. The van der Waals surface area contributed by atoms with Crippen molar-refractivity contribution in [1.82, 2.24) is 20.3 Å². The van der Waals surface area contributed by atoms with Gasteiger partial charge in [0.25, 0.3) is 0 Å². The van der Waals surface area contributed by atoms with Crippen LogP contribution < -0.4 is 20.1 Å². The summed E-state index contributed by atoms with van der Waals surface area (Å²) in [7, 11) is -1.74. The van der Waals surface area contributed by atoms with Gasteiger partial charge in [-0.1, -0.05) is 30.3 Å². The molecule has 9 nitrogen and oxygen atoms in total. The minimum atomic E-state index is -3.11. The summed E-state index contributed by atoms with van der Waals surface area (Å²) >= 11 is 0. The summed E-state index contributed by atoms with van der Waals surface area (Å²) < 4.78 is 55.8. The quantitative estimate of drug-likeness (QED) is 0.249. The van der Waals surface area contributed by atoms with E-state index in [4.69, 9.17) is 4.74 Å². The molecule has 3 N–H and O–H groups in total. The van der Waals surface area contributed by atoms with E-state index in [0.717, 1.165) is 31.5 Å². The SMILES string of the molecule is CN=S(=O)(Cc1ccccc1)Nc1ccc(Oc2ncccc2-c2ccnc(N[C@H]3CCCNC3)n2)c(F)c1F. The van der Waals surface area contributed by atoms with Gasteiger partial charge in [-0.15, -0.1) is 0 Å². The zero-order valence-corrected chi connectivity index (χ0v) is 22.6. The number of benzene rings is 2. The van der Waals surface area contributed by atoms with Gasteiger partial charge in [-0.05, 0) is 55.3 Å². The fourth-order valence-corrected chi connectivity index (χ4v) is 5.75. The molecule has 0 spiro atoms. The van der Waals surface area contributed by atoms with Crippen molar-refractivity contribution in [2.75, 3.05) is 30.2 Å². The smallest absolute Gasteiger partial charge is 0.228 e. The molecule has 2 atom stereocenters. The van der Waals surface area contributed by atoms with Gasteiger partial charge >= 0.3 is 0 Å². The van der Waals surface area contributed by atoms with E-state index < -0.39 is 21.5 Å². The molecule has 1 saturated heterocycles. The molecule has 0 aliphatic carbocycles. The van der Waals surface area contributed by atoms with Crippen LogP contribution in [0.2, 0.25) is 0 Å². The molecule has 40 heavy (non-hydrogen) atoms. The monoisotopic (exact) mass is 565 g/mol. The van der Waals surface area contributed by atoms with Gasteiger partial charge in [0.2, 0.25) is 17.6 Å². The number of piperidine rings is 1. The van der Waals surface area contributed by atoms with Gasteiger partial charge in [-0.25, -0.2) is 27.9 Å². The normalized spacial score (nSPS) is 16.5. The Morgan fingerprint density at radius 2 is 1.90 bits per heavy atom. The van der Waals surface area contributed by atoms with Crippen LogP contribution in [0.1, 0.15) is 18.4 Å². The second-order valence-corrected chi connectivity index (χ2v) is 11.3. The van der Waals surface area contributed by atoms with Crippen LogP contribution in [0.25, 0.3) is 11.3 Å². The van der Waals surface area contributed by atoms with Crippen molar-refractivity contribution in [2.45, 2.75) is 24.6 Å². The lowest BCUT2D eigenvalue weighted by atomic mass is 10.1. The van der Waals surface area contributed by atoms with Gasteiger partial charge in [0.15, 0.2) is 11.6 Å². The highest BCUT2D eigenvalue weighted by Gasteiger charge is 2.21. The summed E-state index contributed by atoms with van der Waals surface area (Å²) in [6.45, 7) is 1.81. The van der Waals surface area contributed by atoms with Crippen LogP contribution in [0.4, 0.5) is 20.4 Å². The summed E-state index contributed by atoms with van der Waals surface area (Å²) in [5, 5.41) is 6.67. The molecule has 2 aromatic carbocycles. The molecule has 1 aliphatic heterocycles. The highest BCUT2D eigenvalue weighted by molar-refractivity contribution is 7.94. The Kier molecular flexibility index (Phi) is 8.46. The van der Waals surface area contributed by atoms with Crippen LogP contribution in [0.3, 0.4) is 0 Å². The highest BCUT2D eigenvalue weighted by Crippen LogP contribution is 2.34. The zero-order chi connectivity index (χ0) is 28.0. The molecule has 1 unspecified atom stereocenters. The van der Waals surface area contributed by atoms with Crippen LogP contribution in [0.15, 0.2) is 77.4 Å². The number of nitrogens with zero attached hydrogens (tertiary/aromatic N) is 4. The Bertz CT molecular complexity index is 1590. The lowest BCUT2D eigenvalue weighted by molar-refractivity contribution is 0.407. The number of halogens is 2. The van der Waals surface area contributed by atoms with Crippen LogP contribution in [-0.4, -0.2) is 45.3 Å². The maximum atomic E-state index is 15.2. The third kappa shape index (κ3) is 6.52. The second-order valence-electron chi connectivity index (χ2n) is 9.21. The Labute approximate surface area is 231 Å². The molecular weight excluding hydrogens is 536 g/mol. The predicted octanol–water partition coefficient (Wildman–Crippen LogP) is 5.40. The molecule has 3 heterocycles. The molecular formula is C28H29F2N7O2S. The Morgan fingerprint density at radius 1 is 1.05 bits per heavy atom. The molecule has 0 radical (unpaired) electrons. The number of anilines is 2. The molecule has 5 rings (SSSR count). The number of ether oxygens (including phenoxy) is 1. The van der Waals surface area contributed by atoms with Crippen LogP contribution >= 0.6 is 0 Å². The topological polar surface area (TPSA) is 113 Å². The first-order valence-electron chi connectivity index (χ1n) is 12.8. The first-order chi connectivity index (χ1) is 19.4. The van der Waals surface area contributed by atoms with Gasteiger partial charge in [0.1, 0.15) is 9.92 Å². The van der Waals surface area contributed by atoms with Gasteiger partial charge in [0.05, 0.1) is 22.7 Å². The minimum Gasteiger partial charge on any atom is -0.435 e. The Morgan fingerprint density at radius 3 is 2.67 bits per heavy atom. The van der Waals surface area contributed by atoms with Crippen molar-refractivity contribution in [2.24, 2.45) is 4.36 Å². The van der Waals surface area contributed by atoms with Crippen molar-refractivity contribution >= 4 is 21.6 Å². The molecule has 208 valence electrons. The first-order valence-corrected chi connectivity index (χ1v) is 14.5. The van der Waals surface area contributed by atoms with E-state index in [9.17, 15) is 4.21 Å². The molecule has 12 heteroatoms. The standard InChI is InChI=1S/C28H29F2N7O2S/c1-31-40(38,18-19-7-3-2-4-8-19)37-23-11-12-24(26(30)25(23)29)39-27-21(10-6-15-33-27)22-13-16-34-28(36-22)35-20-9-5-14-32-17-20/h2-4,6-8,10-13,15-16,20,32H,5,9,14,17-18H2,1H3,(H,31,37,38)(H,34,35,36)/t20-,40?/m0/s1. The van der Waals surface area contributed by atoms with E-state index in [1.54, 1.807) is 48.7 Å². The van der Waals surface area contributed by atoms with Gasteiger partial charge < -0.3 is 15.4 Å². The van der Waals surface area contributed by atoms with Gasteiger partial charge in [-0.3, -0.25) is 4.72 Å². The number of hydrogen-bond donors (Lipinski definition) is 3. The van der Waals surface area contributed by atoms with E-state index in [0.29, 0.717) is 17.2 Å². The lowest BCUT2D eigenvalue weighted by Crippen LogP contribution is -2.38. The summed E-state index contributed by atoms with van der Waals surface area (Å²) in [5.74, 6) is -2.36. The average Bonchev–Trinajstić information content (AvgIpc) is 2.98. The molecule has 0 bridgehead atoms. The van der Waals surface area contributed by atoms with E-state index in [1.165, 1.54) is 25.4 Å². The van der Waals surface area contributed by atoms with E-state index >= 15 is 8.78 Å². The summed E-state index contributed by atoms with van der Waals surface area (Å²) in [6, 6.07) is 16.8. The zero-order valence-electron chi connectivity index (χ0n) is 21.8. The van der Waals surface area contributed by atoms with E-state index in [1.807, 2.05) is 6.07 Å². The predicted molar refractivity (Wildman–Crippen MR) is 151 cm³/mol. The molecule has 4 aromatic rings. The number of rotatable bonds is 9.